The topological polar surface area (TPSA) is 42.9 Å². The second-order valence-corrected chi connectivity index (χ2v) is 5.61. The summed E-state index contributed by atoms with van der Waals surface area (Å²) in [5, 5.41) is 5.35. The number of rotatable bonds is 3. The summed E-state index contributed by atoms with van der Waals surface area (Å²) in [6.07, 6.45) is 0. The van der Waals surface area contributed by atoms with Gasteiger partial charge in [-0.25, -0.2) is 0 Å². The van der Waals surface area contributed by atoms with Crippen LogP contribution in [0.1, 0.15) is 12.5 Å². The van der Waals surface area contributed by atoms with Crippen LogP contribution in [0.2, 0.25) is 10.0 Å². The normalized spacial score (nSPS) is 13.9. The number of anilines is 1. The summed E-state index contributed by atoms with van der Waals surface area (Å²) in [5.74, 6) is 1.51. The predicted molar refractivity (Wildman–Crippen MR) is 89.7 cm³/mol. The van der Waals surface area contributed by atoms with Gasteiger partial charge in [0.25, 0.3) is 0 Å². The summed E-state index contributed by atoms with van der Waals surface area (Å²) in [7, 11) is 0. The first-order valence-electron chi connectivity index (χ1n) is 6.79. The van der Waals surface area contributed by atoms with Crippen LogP contribution in [-0.2, 0) is 0 Å². The van der Waals surface area contributed by atoms with E-state index in [-0.39, 0.29) is 0 Å². The largest absolute Gasteiger partial charge is 0.486 e. The number of ether oxygens (including phenoxy) is 2. The highest BCUT2D eigenvalue weighted by Gasteiger charge is 2.12. The van der Waals surface area contributed by atoms with E-state index in [1.54, 1.807) is 12.1 Å². The van der Waals surface area contributed by atoms with Crippen LogP contribution < -0.4 is 14.9 Å². The molecule has 1 heterocycles. The van der Waals surface area contributed by atoms with Gasteiger partial charge in [-0.05, 0) is 43.3 Å². The number of hydrogen-bond donors (Lipinski definition) is 1. The molecule has 0 radical (unpaired) electrons. The van der Waals surface area contributed by atoms with Crippen LogP contribution in [0.5, 0.6) is 11.5 Å². The van der Waals surface area contributed by atoms with Crippen LogP contribution >= 0.6 is 23.2 Å². The van der Waals surface area contributed by atoms with Gasteiger partial charge in [0.05, 0.1) is 21.4 Å². The standard InChI is InChI=1S/C16H14Cl2N2O2/c1-10(19-20-12-3-4-13(17)14(18)9-12)11-2-5-15-16(8-11)22-7-6-21-15/h2-5,8-9,20H,6-7H2,1H3. The fourth-order valence-corrected chi connectivity index (χ4v) is 2.35. The van der Waals surface area contributed by atoms with E-state index in [2.05, 4.69) is 10.5 Å². The maximum atomic E-state index is 5.97. The zero-order valence-electron chi connectivity index (χ0n) is 11.9. The molecule has 1 aliphatic heterocycles. The second kappa shape index (κ2) is 6.46. The molecule has 0 unspecified atom stereocenters. The van der Waals surface area contributed by atoms with E-state index in [0.29, 0.717) is 23.3 Å². The van der Waals surface area contributed by atoms with Crippen LogP contribution in [-0.4, -0.2) is 18.9 Å². The Morgan fingerprint density at radius 3 is 2.55 bits per heavy atom. The molecule has 0 aromatic heterocycles. The van der Waals surface area contributed by atoms with Gasteiger partial charge in [0.15, 0.2) is 11.5 Å². The van der Waals surface area contributed by atoms with Gasteiger partial charge in [0, 0.05) is 5.56 Å². The first kappa shape index (κ1) is 15.0. The van der Waals surface area contributed by atoms with E-state index in [9.17, 15) is 0 Å². The van der Waals surface area contributed by atoms with Crippen molar-refractivity contribution in [2.45, 2.75) is 6.92 Å². The highest BCUT2D eigenvalue weighted by molar-refractivity contribution is 6.42. The minimum Gasteiger partial charge on any atom is -0.486 e. The molecule has 3 rings (SSSR count). The molecule has 114 valence electrons. The lowest BCUT2D eigenvalue weighted by Gasteiger charge is -2.18. The van der Waals surface area contributed by atoms with E-state index >= 15 is 0 Å². The Balaban J connectivity index is 1.77. The van der Waals surface area contributed by atoms with E-state index in [1.165, 1.54) is 0 Å². The third-order valence-electron chi connectivity index (χ3n) is 3.23. The lowest BCUT2D eigenvalue weighted by Crippen LogP contribution is -2.15. The van der Waals surface area contributed by atoms with Crippen LogP contribution in [0.4, 0.5) is 5.69 Å². The molecule has 0 fully saturated rings. The highest BCUT2D eigenvalue weighted by atomic mass is 35.5. The third kappa shape index (κ3) is 3.29. The average molecular weight is 337 g/mol. The summed E-state index contributed by atoms with van der Waals surface area (Å²) < 4.78 is 11.1. The molecule has 0 saturated carbocycles. The number of halogens is 2. The highest BCUT2D eigenvalue weighted by Crippen LogP contribution is 2.31. The Morgan fingerprint density at radius 1 is 1.00 bits per heavy atom. The number of fused-ring (bicyclic) bond motifs is 1. The molecule has 2 aromatic rings. The molecular formula is C16H14Cl2N2O2. The fraction of sp³-hybridized carbons (Fsp3) is 0.188. The Kier molecular flexibility index (Phi) is 4.41. The number of hydrazone groups is 1. The molecule has 0 saturated heterocycles. The zero-order chi connectivity index (χ0) is 15.5. The molecule has 1 N–H and O–H groups in total. The first-order valence-corrected chi connectivity index (χ1v) is 7.54. The maximum absolute atomic E-state index is 5.97. The molecule has 0 atom stereocenters. The molecule has 4 nitrogen and oxygen atoms in total. The monoisotopic (exact) mass is 336 g/mol. The lowest BCUT2D eigenvalue weighted by atomic mass is 10.1. The third-order valence-corrected chi connectivity index (χ3v) is 3.97. The van der Waals surface area contributed by atoms with Gasteiger partial charge in [0.1, 0.15) is 13.2 Å². The predicted octanol–water partition coefficient (Wildman–Crippen LogP) is 4.60. The van der Waals surface area contributed by atoms with Crippen molar-refractivity contribution in [3.8, 4) is 11.5 Å². The van der Waals surface area contributed by atoms with Crippen molar-refractivity contribution in [2.24, 2.45) is 5.10 Å². The first-order chi connectivity index (χ1) is 10.6. The van der Waals surface area contributed by atoms with Gasteiger partial charge in [-0.1, -0.05) is 23.2 Å². The van der Waals surface area contributed by atoms with Crippen molar-refractivity contribution in [1.29, 1.82) is 0 Å². The van der Waals surface area contributed by atoms with Crippen LogP contribution in [0.15, 0.2) is 41.5 Å². The van der Waals surface area contributed by atoms with Gasteiger partial charge < -0.3 is 9.47 Å². The van der Waals surface area contributed by atoms with E-state index in [1.807, 2.05) is 31.2 Å². The number of nitrogens with zero attached hydrogens (tertiary/aromatic N) is 1. The average Bonchev–Trinajstić information content (AvgIpc) is 2.55. The molecular weight excluding hydrogens is 323 g/mol. The van der Waals surface area contributed by atoms with Crippen molar-refractivity contribution in [3.63, 3.8) is 0 Å². The number of hydrogen-bond acceptors (Lipinski definition) is 4. The van der Waals surface area contributed by atoms with Gasteiger partial charge in [0.2, 0.25) is 0 Å². The van der Waals surface area contributed by atoms with E-state index < -0.39 is 0 Å². The Hall–Kier alpha value is -1.91. The molecule has 2 aromatic carbocycles. The Morgan fingerprint density at radius 2 is 1.77 bits per heavy atom. The molecule has 0 spiro atoms. The molecule has 0 aliphatic carbocycles. The van der Waals surface area contributed by atoms with Crippen LogP contribution in [0.3, 0.4) is 0 Å². The quantitative estimate of drug-likeness (QED) is 0.657. The van der Waals surface area contributed by atoms with Crippen molar-refractivity contribution in [3.05, 3.63) is 52.0 Å². The summed E-state index contributed by atoms with van der Waals surface area (Å²) in [4.78, 5) is 0. The minimum absolute atomic E-state index is 0.485. The van der Waals surface area contributed by atoms with Gasteiger partial charge in [-0.15, -0.1) is 0 Å². The SMILES string of the molecule is CC(=NNc1ccc(Cl)c(Cl)c1)c1ccc2c(c1)OCCO2. The lowest BCUT2D eigenvalue weighted by molar-refractivity contribution is 0.171. The zero-order valence-corrected chi connectivity index (χ0v) is 13.4. The molecule has 1 aliphatic rings. The molecule has 0 bridgehead atoms. The van der Waals surface area contributed by atoms with Gasteiger partial charge >= 0.3 is 0 Å². The minimum atomic E-state index is 0.485. The smallest absolute Gasteiger partial charge is 0.162 e. The van der Waals surface area contributed by atoms with E-state index in [0.717, 1.165) is 28.5 Å². The number of benzene rings is 2. The van der Waals surface area contributed by atoms with Crippen molar-refractivity contribution >= 4 is 34.6 Å². The van der Waals surface area contributed by atoms with E-state index in [4.69, 9.17) is 32.7 Å². The summed E-state index contributed by atoms with van der Waals surface area (Å²) in [6.45, 7) is 3.06. The fourth-order valence-electron chi connectivity index (χ4n) is 2.05. The van der Waals surface area contributed by atoms with Crippen LogP contribution in [0, 0.1) is 0 Å². The second-order valence-electron chi connectivity index (χ2n) is 4.80. The Labute approximate surface area is 138 Å². The van der Waals surface area contributed by atoms with Crippen LogP contribution in [0.25, 0.3) is 0 Å². The number of nitrogens with one attached hydrogen (secondary N) is 1. The summed E-state index contributed by atoms with van der Waals surface area (Å²) in [6, 6.07) is 11.0. The van der Waals surface area contributed by atoms with Crippen molar-refractivity contribution in [1.82, 2.24) is 0 Å². The molecule has 6 heteroatoms. The molecule has 0 amide bonds. The summed E-state index contributed by atoms with van der Waals surface area (Å²) in [5.41, 5.74) is 5.51. The summed E-state index contributed by atoms with van der Waals surface area (Å²) >= 11 is 11.9. The van der Waals surface area contributed by atoms with Gasteiger partial charge in [-0.2, -0.15) is 5.10 Å². The van der Waals surface area contributed by atoms with Crippen molar-refractivity contribution < 1.29 is 9.47 Å². The van der Waals surface area contributed by atoms with Crippen molar-refractivity contribution in [2.75, 3.05) is 18.6 Å². The molecule has 22 heavy (non-hydrogen) atoms. The Bertz CT molecular complexity index is 732. The van der Waals surface area contributed by atoms with Gasteiger partial charge in [-0.3, -0.25) is 5.43 Å². The maximum Gasteiger partial charge on any atom is 0.162 e.